The van der Waals surface area contributed by atoms with E-state index in [0.29, 0.717) is 15.7 Å². The maximum absolute atomic E-state index is 12.4. The van der Waals surface area contributed by atoms with E-state index in [0.717, 1.165) is 0 Å². The quantitative estimate of drug-likeness (QED) is 0.821. The molecule has 0 radical (unpaired) electrons. The van der Waals surface area contributed by atoms with Crippen LogP contribution in [0.5, 0.6) is 0 Å². The molecule has 0 spiro atoms. The molecule has 0 amide bonds. The minimum absolute atomic E-state index is 0.00532. The lowest BCUT2D eigenvalue weighted by molar-refractivity contribution is 0.0599. The van der Waals surface area contributed by atoms with Gasteiger partial charge in [0, 0.05) is 4.47 Å². The second kappa shape index (κ2) is 6.50. The number of benzene rings is 2. The van der Waals surface area contributed by atoms with Crippen molar-refractivity contribution in [1.29, 1.82) is 0 Å². The smallest absolute Gasteiger partial charge is 0.338 e. The standard InChI is InChI=1S/C15H14BrNO4S/c1-10-7-8-11(9-12(10)15(18)21-2)22(19,20)17-14-6-4-3-5-13(14)16/h3-9,17H,1-2H3. The first-order valence-electron chi connectivity index (χ1n) is 6.31. The van der Waals surface area contributed by atoms with Crippen LogP contribution in [0.2, 0.25) is 0 Å². The first-order valence-corrected chi connectivity index (χ1v) is 8.59. The molecule has 0 fully saturated rings. The zero-order valence-corrected chi connectivity index (χ0v) is 14.4. The van der Waals surface area contributed by atoms with Gasteiger partial charge in [-0.25, -0.2) is 13.2 Å². The van der Waals surface area contributed by atoms with E-state index in [1.165, 1.54) is 19.2 Å². The van der Waals surface area contributed by atoms with Crippen LogP contribution in [0.15, 0.2) is 51.8 Å². The minimum Gasteiger partial charge on any atom is -0.465 e. The van der Waals surface area contributed by atoms with Crippen LogP contribution in [-0.4, -0.2) is 21.5 Å². The number of carbonyl (C=O) groups excluding carboxylic acids is 1. The van der Waals surface area contributed by atoms with Crippen molar-refractivity contribution in [2.45, 2.75) is 11.8 Å². The van der Waals surface area contributed by atoms with E-state index in [1.807, 2.05) is 0 Å². The van der Waals surface area contributed by atoms with Gasteiger partial charge < -0.3 is 4.74 Å². The summed E-state index contributed by atoms with van der Waals surface area (Å²) in [6.45, 7) is 1.71. The number of halogens is 1. The molecule has 0 aromatic heterocycles. The van der Waals surface area contributed by atoms with Crippen molar-refractivity contribution < 1.29 is 17.9 Å². The fourth-order valence-electron chi connectivity index (χ4n) is 1.85. The summed E-state index contributed by atoms with van der Waals surface area (Å²) in [5.41, 5.74) is 1.28. The molecule has 0 heterocycles. The Hall–Kier alpha value is -1.86. The summed E-state index contributed by atoms with van der Waals surface area (Å²) < 4.78 is 32.7. The fourth-order valence-corrected chi connectivity index (χ4v) is 3.47. The summed E-state index contributed by atoms with van der Waals surface area (Å²) in [6.07, 6.45) is 0. The highest BCUT2D eigenvalue weighted by Gasteiger charge is 2.19. The van der Waals surface area contributed by atoms with Crippen molar-refractivity contribution in [2.75, 3.05) is 11.8 Å². The molecule has 0 bridgehead atoms. The Morgan fingerprint density at radius 3 is 2.50 bits per heavy atom. The molecule has 0 aliphatic heterocycles. The highest BCUT2D eigenvalue weighted by atomic mass is 79.9. The Bertz CT molecular complexity index is 818. The molecule has 5 nitrogen and oxygen atoms in total. The van der Waals surface area contributed by atoms with E-state index >= 15 is 0 Å². The van der Waals surface area contributed by atoms with Crippen molar-refractivity contribution in [3.05, 3.63) is 58.1 Å². The Morgan fingerprint density at radius 2 is 1.86 bits per heavy atom. The van der Waals surface area contributed by atoms with E-state index in [1.54, 1.807) is 37.3 Å². The molecule has 0 unspecified atom stereocenters. The van der Waals surface area contributed by atoms with Crippen LogP contribution in [0, 0.1) is 6.92 Å². The molecule has 116 valence electrons. The molecule has 2 aromatic carbocycles. The third-order valence-corrected chi connectivity index (χ3v) is 5.10. The van der Waals surface area contributed by atoms with Crippen molar-refractivity contribution in [1.82, 2.24) is 0 Å². The van der Waals surface area contributed by atoms with Crippen LogP contribution in [0.25, 0.3) is 0 Å². The first-order chi connectivity index (χ1) is 10.3. The van der Waals surface area contributed by atoms with Gasteiger partial charge >= 0.3 is 5.97 Å². The number of methoxy groups -OCH3 is 1. The lowest BCUT2D eigenvalue weighted by Gasteiger charge is -2.11. The number of rotatable bonds is 4. The Kier molecular flexibility index (Phi) is 4.87. The highest BCUT2D eigenvalue weighted by Crippen LogP contribution is 2.25. The summed E-state index contributed by atoms with van der Waals surface area (Å²) in [5.74, 6) is -0.574. The molecular weight excluding hydrogens is 370 g/mol. The van der Waals surface area contributed by atoms with Gasteiger partial charge in [0.1, 0.15) is 0 Å². The summed E-state index contributed by atoms with van der Waals surface area (Å²) in [6, 6.07) is 11.2. The van der Waals surface area contributed by atoms with Crippen LogP contribution in [0.4, 0.5) is 5.69 Å². The second-order valence-corrected chi connectivity index (χ2v) is 7.09. The number of esters is 1. The highest BCUT2D eigenvalue weighted by molar-refractivity contribution is 9.10. The molecule has 22 heavy (non-hydrogen) atoms. The predicted molar refractivity (Wildman–Crippen MR) is 87.5 cm³/mol. The van der Waals surface area contributed by atoms with E-state index in [2.05, 4.69) is 25.4 Å². The Morgan fingerprint density at radius 1 is 1.18 bits per heavy atom. The summed E-state index contributed by atoms with van der Waals surface area (Å²) >= 11 is 3.28. The molecule has 0 atom stereocenters. The number of hydrogen-bond donors (Lipinski definition) is 1. The number of aryl methyl sites for hydroxylation is 1. The summed E-state index contributed by atoms with van der Waals surface area (Å²) in [5, 5.41) is 0. The number of para-hydroxylation sites is 1. The van der Waals surface area contributed by atoms with Crippen LogP contribution >= 0.6 is 15.9 Å². The second-order valence-electron chi connectivity index (χ2n) is 4.55. The third kappa shape index (κ3) is 3.48. The van der Waals surface area contributed by atoms with E-state index in [4.69, 9.17) is 0 Å². The van der Waals surface area contributed by atoms with Crippen LogP contribution in [0.3, 0.4) is 0 Å². The van der Waals surface area contributed by atoms with Gasteiger partial charge in [0.2, 0.25) is 0 Å². The lowest BCUT2D eigenvalue weighted by Crippen LogP contribution is -2.15. The number of carbonyl (C=O) groups is 1. The zero-order valence-electron chi connectivity index (χ0n) is 12.0. The van der Waals surface area contributed by atoms with Gasteiger partial charge in [-0.15, -0.1) is 0 Å². The van der Waals surface area contributed by atoms with Crippen molar-refractivity contribution >= 4 is 37.6 Å². The minimum atomic E-state index is -3.80. The average molecular weight is 384 g/mol. The maximum Gasteiger partial charge on any atom is 0.338 e. The summed E-state index contributed by atoms with van der Waals surface area (Å²) in [4.78, 5) is 11.7. The van der Waals surface area contributed by atoms with Crippen LogP contribution < -0.4 is 4.72 Å². The molecule has 0 saturated heterocycles. The third-order valence-electron chi connectivity index (χ3n) is 3.04. The number of nitrogens with one attached hydrogen (secondary N) is 1. The van der Waals surface area contributed by atoms with Crippen LogP contribution in [-0.2, 0) is 14.8 Å². The Labute approximate surface area is 137 Å². The van der Waals surface area contributed by atoms with Crippen molar-refractivity contribution in [3.8, 4) is 0 Å². The molecular formula is C15H14BrNO4S. The SMILES string of the molecule is COC(=O)c1cc(S(=O)(=O)Nc2ccccc2Br)ccc1C. The normalized spacial score (nSPS) is 11.0. The Balaban J connectivity index is 2.42. The zero-order chi connectivity index (χ0) is 16.3. The molecule has 0 aliphatic rings. The predicted octanol–water partition coefficient (Wildman–Crippen LogP) is 3.34. The van der Waals surface area contributed by atoms with Gasteiger partial charge in [0.15, 0.2) is 0 Å². The lowest BCUT2D eigenvalue weighted by atomic mass is 10.1. The number of hydrogen-bond acceptors (Lipinski definition) is 4. The summed E-state index contributed by atoms with van der Waals surface area (Å²) in [7, 11) is -2.55. The van der Waals surface area contributed by atoms with Crippen LogP contribution in [0.1, 0.15) is 15.9 Å². The monoisotopic (exact) mass is 383 g/mol. The van der Waals surface area contributed by atoms with Gasteiger partial charge in [-0.3, -0.25) is 4.72 Å². The van der Waals surface area contributed by atoms with Crippen molar-refractivity contribution in [3.63, 3.8) is 0 Å². The van der Waals surface area contributed by atoms with Gasteiger partial charge in [-0.05, 0) is 52.7 Å². The molecule has 0 aliphatic carbocycles. The fraction of sp³-hybridized carbons (Fsp3) is 0.133. The average Bonchev–Trinajstić information content (AvgIpc) is 2.49. The maximum atomic E-state index is 12.4. The van der Waals surface area contributed by atoms with E-state index in [9.17, 15) is 13.2 Å². The topological polar surface area (TPSA) is 72.5 Å². The molecule has 7 heteroatoms. The number of ether oxygens (including phenoxy) is 1. The molecule has 2 aromatic rings. The van der Waals surface area contributed by atoms with Gasteiger partial charge in [0.25, 0.3) is 10.0 Å². The van der Waals surface area contributed by atoms with E-state index in [-0.39, 0.29) is 10.5 Å². The van der Waals surface area contributed by atoms with Crippen molar-refractivity contribution in [2.24, 2.45) is 0 Å². The number of sulfonamides is 1. The van der Waals surface area contributed by atoms with E-state index < -0.39 is 16.0 Å². The molecule has 2 rings (SSSR count). The first kappa shape index (κ1) is 16.5. The number of anilines is 1. The van der Waals surface area contributed by atoms with Gasteiger partial charge in [-0.2, -0.15) is 0 Å². The van der Waals surface area contributed by atoms with Gasteiger partial charge in [0.05, 0.1) is 23.3 Å². The molecule has 1 N–H and O–H groups in total. The molecule has 0 saturated carbocycles. The van der Waals surface area contributed by atoms with Gasteiger partial charge in [-0.1, -0.05) is 18.2 Å². The largest absolute Gasteiger partial charge is 0.465 e.